The van der Waals surface area contributed by atoms with Gasteiger partial charge in [0, 0.05) is 17.9 Å². The predicted molar refractivity (Wildman–Crippen MR) is 45.6 cm³/mol. The molecule has 0 aliphatic carbocycles. The zero-order chi connectivity index (χ0) is 9.14. The lowest BCUT2D eigenvalue weighted by Crippen LogP contribution is -2.31. The summed E-state index contributed by atoms with van der Waals surface area (Å²) in [6.45, 7) is 0. The first kappa shape index (κ1) is 9.31. The van der Waals surface area contributed by atoms with Gasteiger partial charge in [-0.2, -0.15) is 0 Å². The molecule has 4 nitrogen and oxygen atoms in total. The zero-order valence-electron chi connectivity index (χ0n) is 6.36. The van der Waals surface area contributed by atoms with Gasteiger partial charge in [0.25, 0.3) is 0 Å². The van der Waals surface area contributed by atoms with Crippen LogP contribution in [-0.4, -0.2) is 29.3 Å². The third-order valence-electron chi connectivity index (χ3n) is 1.36. The highest BCUT2D eigenvalue weighted by molar-refractivity contribution is 6.60. The highest BCUT2D eigenvalue weighted by Crippen LogP contribution is 2.19. The number of aromatic nitrogens is 1. The second-order valence-corrected chi connectivity index (χ2v) is 2.52. The summed E-state index contributed by atoms with van der Waals surface area (Å²) in [5, 5.41) is 17.9. The number of rotatable bonds is 2. The van der Waals surface area contributed by atoms with Crippen LogP contribution < -0.4 is 10.2 Å². The number of halogens is 1. The Kier molecular flexibility index (Phi) is 2.91. The molecular weight excluding hydrogens is 180 g/mol. The van der Waals surface area contributed by atoms with Crippen molar-refractivity contribution >= 4 is 24.2 Å². The largest absolute Gasteiger partial charge is 0.495 e. The summed E-state index contributed by atoms with van der Waals surface area (Å²) >= 11 is 5.66. The normalized spacial score (nSPS) is 9.67. The third kappa shape index (κ3) is 1.69. The van der Waals surface area contributed by atoms with Crippen molar-refractivity contribution in [2.75, 3.05) is 7.11 Å². The first-order valence-electron chi connectivity index (χ1n) is 3.20. The third-order valence-corrected chi connectivity index (χ3v) is 1.63. The van der Waals surface area contributed by atoms with E-state index in [2.05, 4.69) is 4.98 Å². The van der Waals surface area contributed by atoms with Crippen molar-refractivity contribution in [3.05, 3.63) is 17.4 Å². The van der Waals surface area contributed by atoms with Crippen LogP contribution in [0.25, 0.3) is 0 Å². The molecule has 6 heteroatoms. The Morgan fingerprint density at radius 3 is 2.58 bits per heavy atom. The van der Waals surface area contributed by atoms with Crippen LogP contribution in [0.2, 0.25) is 5.02 Å². The number of pyridine rings is 1. The van der Waals surface area contributed by atoms with Crippen LogP contribution >= 0.6 is 11.6 Å². The van der Waals surface area contributed by atoms with E-state index in [1.807, 2.05) is 0 Å². The van der Waals surface area contributed by atoms with Gasteiger partial charge in [0.2, 0.25) is 0 Å². The molecule has 0 aliphatic heterocycles. The fourth-order valence-corrected chi connectivity index (χ4v) is 1.08. The van der Waals surface area contributed by atoms with Crippen LogP contribution in [0.5, 0.6) is 5.75 Å². The van der Waals surface area contributed by atoms with Gasteiger partial charge in [-0.1, -0.05) is 11.6 Å². The average Bonchev–Trinajstić information content (AvgIpc) is 2.03. The van der Waals surface area contributed by atoms with Crippen molar-refractivity contribution in [1.82, 2.24) is 4.98 Å². The van der Waals surface area contributed by atoms with Gasteiger partial charge in [0.1, 0.15) is 10.8 Å². The van der Waals surface area contributed by atoms with Crippen molar-refractivity contribution in [2.24, 2.45) is 0 Å². The molecule has 64 valence electrons. The van der Waals surface area contributed by atoms with E-state index in [9.17, 15) is 0 Å². The molecule has 0 unspecified atom stereocenters. The molecule has 0 saturated heterocycles. The van der Waals surface area contributed by atoms with E-state index >= 15 is 0 Å². The molecular formula is C6H7BClNO3. The molecule has 0 saturated carbocycles. The molecule has 0 radical (unpaired) electrons. The molecule has 0 spiro atoms. The van der Waals surface area contributed by atoms with Crippen molar-refractivity contribution in [3.63, 3.8) is 0 Å². The Hall–Kier alpha value is -0.775. The quantitative estimate of drug-likeness (QED) is 0.608. The molecule has 1 rings (SSSR count). The Bertz CT molecular complexity index is 281. The molecule has 0 amide bonds. The van der Waals surface area contributed by atoms with Crippen LogP contribution in [0.3, 0.4) is 0 Å². The van der Waals surface area contributed by atoms with E-state index in [4.69, 9.17) is 26.4 Å². The van der Waals surface area contributed by atoms with E-state index in [0.717, 1.165) is 0 Å². The number of hydrogen-bond acceptors (Lipinski definition) is 4. The molecule has 1 aromatic rings. The minimum absolute atomic E-state index is 0.157. The lowest BCUT2D eigenvalue weighted by molar-refractivity contribution is 0.403. The molecule has 0 aromatic carbocycles. The molecule has 12 heavy (non-hydrogen) atoms. The van der Waals surface area contributed by atoms with E-state index < -0.39 is 7.12 Å². The SMILES string of the molecule is COc1c(Cl)cncc1B(O)O. The van der Waals surface area contributed by atoms with Crippen molar-refractivity contribution in [1.29, 1.82) is 0 Å². The lowest BCUT2D eigenvalue weighted by Gasteiger charge is -2.07. The summed E-state index contributed by atoms with van der Waals surface area (Å²) in [5.74, 6) is 0.238. The van der Waals surface area contributed by atoms with Crippen molar-refractivity contribution in [2.45, 2.75) is 0 Å². The molecule has 0 bridgehead atoms. The standard InChI is InChI=1S/C6H7BClNO3/c1-12-6-4(7(10)11)2-9-3-5(6)8/h2-3,10-11H,1H3. The Morgan fingerprint density at radius 2 is 2.17 bits per heavy atom. The lowest BCUT2D eigenvalue weighted by atomic mass is 9.81. The van der Waals surface area contributed by atoms with E-state index in [0.29, 0.717) is 0 Å². The van der Waals surface area contributed by atoms with E-state index in [-0.39, 0.29) is 16.2 Å². The zero-order valence-corrected chi connectivity index (χ0v) is 7.12. The highest BCUT2D eigenvalue weighted by Gasteiger charge is 2.19. The Labute approximate surface area is 74.9 Å². The summed E-state index contributed by atoms with van der Waals surface area (Å²) in [5.41, 5.74) is 0.157. The molecule has 2 N–H and O–H groups in total. The van der Waals surface area contributed by atoms with Crippen LogP contribution in [0.15, 0.2) is 12.4 Å². The number of hydrogen-bond donors (Lipinski definition) is 2. The van der Waals surface area contributed by atoms with Crippen molar-refractivity contribution < 1.29 is 14.8 Å². The smallest absolute Gasteiger partial charge is 0.493 e. The molecule has 0 fully saturated rings. The first-order valence-corrected chi connectivity index (χ1v) is 3.58. The monoisotopic (exact) mass is 187 g/mol. The minimum atomic E-state index is -1.62. The summed E-state index contributed by atoms with van der Waals surface area (Å²) < 4.78 is 4.85. The highest BCUT2D eigenvalue weighted by atomic mass is 35.5. The van der Waals surface area contributed by atoms with E-state index in [1.165, 1.54) is 19.5 Å². The summed E-state index contributed by atoms with van der Waals surface area (Å²) in [4.78, 5) is 3.68. The van der Waals surface area contributed by atoms with Gasteiger partial charge in [0.15, 0.2) is 0 Å². The Morgan fingerprint density at radius 1 is 1.50 bits per heavy atom. The van der Waals surface area contributed by atoms with Crippen LogP contribution in [-0.2, 0) is 0 Å². The number of methoxy groups -OCH3 is 1. The van der Waals surface area contributed by atoms with Gasteiger partial charge >= 0.3 is 7.12 Å². The van der Waals surface area contributed by atoms with Crippen LogP contribution in [0, 0.1) is 0 Å². The summed E-state index contributed by atoms with van der Waals surface area (Å²) in [6, 6.07) is 0. The van der Waals surface area contributed by atoms with Gasteiger partial charge in [-0.05, 0) is 0 Å². The molecule has 1 heterocycles. The average molecular weight is 187 g/mol. The summed E-state index contributed by atoms with van der Waals surface area (Å²) in [7, 11) is -0.223. The summed E-state index contributed by atoms with van der Waals surface area (Å²) in [6.07, 6.45) is 2.65. The second kappa shape index (κ2) is 3.75. The molecule has 0 aliphatic rings. The number of nitrogens with zero attached hydrogens (tertiary/aromatic N) is 1. The van der Waals surface area contributed by atoms with Crippen molar-refractivity contribution in [3.8, 4) is 5.75 Å². The first-order chi connectivity index (χ1) is 5.66. The van der Waals surface area contributed by atoms with Gasteiger partial charge in [0.05, 0.1) is 7.11 Å². The second-order valence-electron chi connectivity index (χ2n) is 2.12. The fourth-order valence-electron chi connectivity index (χ4n) is 0.837. The maximum atomic E-state index is 8.84. The minimum Gasteiger partial charge on any atom is -0.495 e. The predicted octanol–water partition coefficient (Wildman–Crippen LogP) is -0.577. The van der Waals surface area contributed by atoms with Gasteiger partial charge in [-0.3, -0.25) is 4.98 Å². The van der Waals surface area contributed by atoms with Gasteiger partial charge in [-0.15, -0.1) is 0 Å². The van der Waals surface area contributed by atoms with Crippen LogP contribution in [0.1, 0.15) is 0 Å². The molecule has 0 atom stereocenters. The topological polar surface area (TPSA) is 62.6 Å². The maximum Gasteiger partial charge on any atom is 0.493 e. The van der Waals surface area contributed by atoms with E-state index in [1.54, 1.807) is 0 Å². The van der Waals surface area contributed by atoms with Crippen LogP contribution in [0.4, 0.5) is 0 Å². The Balaban J connectivity index is 3.18. The fraction of sp³-hybridized carbons (Fsp3) is 0.167. The van der Waals surface area contributed by atoms with Gasteiger partial charge in [-0.25, -0.2) is 0 Å². The number of ether oxygens (including phenoxy) is 1. The molecule has 1 aromatic heterocycles. The maximum absolute atomic E-state index is 8.84. The van der Waals surface area contributed by atoms with Gasteiger partial charge < -0.3 is 14.8 Å².